The van der Waals surface area contributed by atoms with Gasteiger partial charge in [0.05, 0.1) is 14.2 Å². The molecule has 0 fully saturated rings. The van der Waals surface area contributed by atoms with Crippen molar-refractivity contribution in [2.75, 3.05) is 14.2 Å². The van der Waals surface area contributed by atoms with E-state index in [1.165, 1.54) is 0 Å². The van der Waals surface area contributed by atoms with Crippen LogP contribution in [0.5, 0.6) is 11.5 Å². The second-order valence-electron chi connectivity index (χ2n) is 4.13. The van der Waals surface area contributed by atoms with Gasteiger partial charge in [0.15, 0.2) is 4.98 Å². The first kappa shape index (κ1) is 13.6. The molecular weight excluding hydrogens is 252 g/mol. The summed E-state index contributed by atoms with van der Waals surface area (Å²) in [6, 6.07) is 12.9. The highest BCUT2D eigenvalue weighted by atomic mass is 16.5. The number of rotatable bonds is 4. The number of hydrogen-bond donors (Lipinski definition) is 0. The molecule has 0 radical (unpaired) electrons. The molecule has 0 amide bonds. The fraction of sp³-hybridized carbons (Fsp3) is 0.125. The summed E-state index contributed by atoms with van der Waals surface area (Å²) in [5.41, 5.74) is 2.50. The molecule has 0 spiro atoms. The third-order valence-electron chi connectivity index (χ3n) is 2.90. The van der Waals surface area contributed by atoms with Crippen LogP contribution in [0.4, 0.5) is 5.69 Å². The third-order valence-corrected chi connectivity index (χ3v) is 2.90. The number of ether oxygens (including phenoxy) is 2. The van der Waals surface area contributed by atoms with E-state index >= 15 is 0 Å². The van der Waals surface area contributed by atoms with E-state index in [1.54, 1.807) is 26.4 Å². The van der Waals surface area contributed by atoms with E-state index in [9.17, 15) is 0 Å². The largest absolute Gasteiger partial charge is 0.497 e. The van der Waals surface area contributed by atoms with E-state index in [0.717, 1.165) is 22.6 Å². The Kier molecular flexibility index (Phi) is 4.35. The minimum atomic E-state index is 0.532. The lowest BCUT2D eigenvalue weighted by atomic mass is 10.1. The third kappa shape index (κ3) is 3.15. The number of methoxy groups -OCH3 is 2. The Morgan fingerprint density at radius 3 is 2.30 bits per heavy atom. The average Bonchev–Trinajstić information content (AvgIpc) is 2.53. The Hall–Kier alpha value is -2.80. The van der Waals surface area contributed by atoms with Crippen LogP contribution in [0.15, 0.2) is 42.5 Å². The molecule has 0 aliphatic heterocycles. The molecule has 0 atom stereocenters. The quantitative estimate of drug-likeness (QED) is 0.610. The highest BCUT2D eigenvalue weighted by molar-refractivity contribution is 5.73. The van der Waals surface area contributed by atoms with E-state index < -0.39 is 0 Å². The summed E-state index contributed by atoms with van der Waals surface area (Å²) in [5, 5.41) is 8.63. The van der Waals surface area contributed by atoms with Crippen LogP contribution in [0, 0.1) is 5.39 Å². The van der Waals surface area contributed by atoms with Crippen LogP contribution in [0.2, 0.25) is 0 Å². The summed E-state index contributed by atoms with van der Waals surface area (Å²) in [5.74, 6) is 1.51. The van der Waals surface area contributed by atoms with Crippen molar-refractivity contribution in [3.63, 3.8) is 0 Å². The molecule has 0 saturated heterocycles. The van der Waals surface area contributed by atoms with Crippen molar-refractivity contribution in [2.24, 2.45) is 0 Å². The van der Waals surface area contributed by atoms with Crippen molar-refractivity contribution >= 4 is 17.8 Å². The second kappa shape index (κ2) is 6.39. The molecule has 4 nitrogen and oxygen atoms in total. The maximum atomic E-state index is 8.63. The Morgan fingerprint density at radius 1 is 0.950 bits per heavy atom. The zero-order valence-corrected chi connectivity index (χ0v) is 11.4. The van der Waals surface area contributed by atoms with Crippen LogP contribution in [-0.2, 0) is 0 Å². The van der Waals surface area contributed by atoms with Crippen LogP contribution in [0.1, 0.15) is 11.1 Å². The van der Waals surface area contributed by atoms with Crippen molar-refractivity contribution in [1.29, 1.82) is 5.39 Å². The Balaban J connectivity index is 2.24. The van der Waals surface area contributed by atoms with Gasteiger partial charge in [0.1, 0.15) is 11.5 Å². The minimum Gasteiger partial charge on any atom is -0.497 e. The predicted octanol–water partition coefficient (Wildman–Crippen LogP) is 4.36. The fourth-order valence-corrected chi connectivity index (χ4v) is 1.79. The maximum Gasteiger partial charge on any atom is 0.385 e. The van der Waals surface area contributed by atoms with E-state index in [4.69, 9.17) is 14.9 Å². The molecule has 0 bridgehead atoms. The van der Waals surface area contributed by atoms with Crippen molar-refractivity contribution < 1.29 is 9.47 Å². The lowest BCUT2D eigenvalue weighted by molar-refractivity contribution is 0.394. The van der Waals surface area contributed by atoms with Crippen LogP contribution in [0.3, 0.4) is 0 Å². The summed E-state index contributed by atoms with van der Waals surface area (Å²) in [7, 11) is 3.25. The molecule has 0 saturated carbocycles. The second-order valence-corrected chi connectivity index (χ2v) is 4.13. The standard InChI is InChI=1S/C16H15N2O2/c1-19-15-10-7-13(16(11-15)20-2)6-3-12-4-8-14(18-17)9-5-12/h3-11H,1-2H3/q+1. The van der Waals surface area contributed by atoms with Gasteiger partial charge in [-0.2, -0.15) is 0 Å². The van der Waals surface area contributed by atoms with E-state index in [-0.39, 0.29) is 0 Å². The Bertz CT molecular complexity index is 655. The molecule has 0 aromatic heterocycles. The van der Waals surface area contributed by atoms with Crippen LogP contribution in [0.25, 0.3) is 17.1 Å². The summed E-state index contributed by atoms with van der Waals surface area (Å²) >= 11 is 0. The number of nitrogens with zero attached hydrogens (tertiary/aromatic N) is 2. The molecule has 2 aromatic carbocycles. The van der Waals surface area contributed by atoms with E-state index in [2.05, 4.69) is 4.98 Å². The minimum absolute atomic E-state index is 0.532. The molecule has 100 valence electrons. The van der Waals surface area contributed by atoms with Gasteiger partial charge in [-0.05, 0) is 29.8 Å². The molecule has 0 heterocycles. The van der Waals surface area contributed by atoms with Crippen LogP contribution >= 0.6 is 0 Å². The molecule has 0 aliphatic rings. The zero-order chi connectivity index (χ0) is 14.4. The molecule has 20 heavy (non-hydrogen) atoms. The molecule has 2 rings (SSSR count). The smallest absolute Gasteiger partial charge is 0.385 e. The van der Waals surface area contributed by atoms with Gasteiger partial charge in [-0.3, -0.25) is 0 Å². The Labute approximate surface area is 117 Å². The molecule has 0 aliphatic carbocycles. The lowest BCUT2D eigenvalue weighted by Gasteiger charge is -2.07. The van der Waals surface area contributed by atoms with Gasteiger partial charge >= 0.3 is 5.69 Å². The van der Waals surface area contributed by atoms with Gasteiger partial charge in [0.25, 0.3) is 0 Å². The van der Waals surface area contributed by atoms with Gasteiger partial charge in [-0.15, -0.1) is 0 Å². The summed E-state index contributed by atoms with van der Waals surface area (Å²) < 4.78 is 10.5. The normalized spacial score (nSPS) is 10.2. The lowest BCUT2D eigenvalue weighted by Crippen LogP contribution is -1.89. The van der Waals surface area contributed by atoms with Crippen LogP contribution < -0.4 is 9.47 Å². The SMILES string of the molecule is COc1ccc(C=Cc2ccc([N+]#N)cc2)c(OC)c1. The first-order valence-electron chi connectivity index (χ1n) is 6.12. The predicted molar refractivity (Wildman–Crippen MR) is 79.7 cm³/mol. The van der Waals surface area contributed by atoms with Crippen molar-refractivity contribution in [1.82, 2.24) is 0 Å². The van der Waals surface area contributed by atoms with Crippen molar-refractivity contribution in [3.05, 3.63) is 58.6 Å². The highest BCUT2D eigenvalue weighted by Crippen LogP contribution is 2.26. The zero-order valence-electron chi connectivity index (χ0n) is 11.4. The van der Waals surface area contributed by atoms with Crippen molar-refractivity contribution in [2.45, 2.75) is 0 Å². The molecular formula is C16H15N2O2+. The molecule has 0 unspecified atom stereocenters. The topological polar surface area (TPSA) is 46.6 Å². The molecule has 0 N–H and O–H groups in total. The summed E-state index contributed by atoms with van der Waals surface area (Å²) in [6.45, 7) is 0. The average molecular weight is 267 g/mol. The molecule has 4 heteroatoms. The van der Waals surface area contributed by atoms with Gasteiger partial charge in [-0.1, -0.05) is 12.2 Å². The van der Waals surface area contributed by atoms with Gasteiger partial charge in [0.2, 0.25) is 5.39 Å². The summed E-state index contributed by atoms with van der Waals surface area (Å²) in [6.07, 6.45) is 3.93. The van der Waals surface area contributed by atoms with Crippen molar-refractivity contribution in [3.8, 4) is 11.5 Å². The maximum absolute atomic E-state index is 8.63. The van der Waals surface area contributed by atoms with Crippen LogP contribution in [-0.4, -0.2) is 14.2 Å². The fourth-order valence-electron chi connectivity index (χ4n) is 1.79. The summed E-state index contributed by atoms with van der Waals surface area (Å²) in [4.78, 5) is 3.12. The van der Waals surface area contributed by atoms with E-state index in [0.29, 0.717) is 5.69 Å². The first-order chi connectivity index (χ1) is 9.76. The Morgan fingerprint density at radius 2 is 1.70 bits per heavy atom. The number of hydrogen-bond acceptors (Lipinski definition) is 3. The van der Waals surface area contributed by atoms with Gasteiger partial charge in [0, 0.05) is 23.8 Å². The van der Waals surface area contributed by atoms with Gasteiger partial charge < -0.3 is 9.47 Å². The van der Waals surface area contributed by atoms with Gasteiger partial charge in [-0.25, -0.2) is 0 Å². The first-order valence-corrected chi connectivity index (χ1v) is 6.12. The monoisotopic (exact) mass is 267 g/mol. The van der Waals surface area contributed by atoms with E-state index in [1.807, 2.05) is 42.5 Å². The highest BCUT2D eigenvalue weighted by Gasteiger charge is 2.03. The number of benzene rings is 2. The number of diazo groups is 1. The molecule has 2 aromatic rings.